The molecule has 1 unspecified atom stereocenters. The average molecular weight is 178 g/mol. The summed E-state index contributed by atoms with van der Waals surface area (Å²) in [6, 6.07) is 0. The Morgan fingerprint density at radius 3 is 2.62 bits per heavy atom. The first-order valence-corrected chi connectivity index (χ1v) is 5.40. The second kappa shape index (κ2) is 4.13. The molecule has 1 rings (SSSR count). The Morgan fingerprint density at radius 1 is 1.38 bits per heavy atom. The van der Waals surface area contributed by atoms with Crippen molar-refractivity contribution in [2.45, 2.75) is 46.5 Å². The summed E-state index contributed by atoms with van der Waals surface area (Å²) in [6.07, 6.45) is 9.85. The molecule has 0 aromatic rings. The Hall–Kier alpha value is -0.520. The molecule has 1 saturated carbocycles. The molecular weight excluding hydrogens is 156 g/mol. The van der Waals surface area contributed by atoms with Gasteiger partial charge in [-0.2, -0.15) is 0 Å². The van der Waals surface area contributed by atoms with Gasteiger partial charge >= 0.3 is 0 Å². The normalized spacial score (nSPS) is 27.6. The molecule has 0 aromatic heterocycles. The number of rotatable bonds is 2. The molecule has 0 N–H and O–H groups in total. The lowest BCUT2D eigenvalue weighted by Crippen LogP contribution is -2.25. The van der Waals surface area contributed by atoms with Crippen molar-refractivity contribution in [3.63, 3.8) is 0 Å². The Morgan fingerprint density at radius 2 is 2.08 bits per heavy atom. The van der Waals surface area contributed by atoms with Crippen LogP contribution in [0.5, 0.6) is 0 Å². The highest BCUT2D eigenvalue weighted by Crippen LogP contribution is 2.42. The Bertz CT molecular complexity index is 208. The summed E-state index contributed by atoms with van der Waals surface area (Å²) in [7, 11) is 0. The van der Waals surface area contributed by atoms with Crippen LogP contribution in [-0.2, 0) is 0 Å². The predicted molar refractivity (Wildman–Crippen MR) is 59.7 cm³/mol. The van der Waals surface area contributed by atoms with Gasteiger partial charge in [0.25, 0.3) is 0 Å². The molecule has 1 aliphatic rings. The molecule has 0 aliphatic heterocycles. The maximum absolute atomic E-state index is 3.95. The molecule has 1 atom stereocenters. The highest BCUT2D eigenvalue weighted by Gasteiger charge is 2.30. The number of allylic oxidation sites excluding steroid dienone is 3. The van der Waals surface area contributed by atoms with Crippen LogP contribution in [0.4, 0.5) is 0 Å². The first-order valence-electron chi connectivity index (χ1n) is 5.40. The second-order valence-electron chi connectivity index (χ2n) is 4.69. The van der Waals surface area contributed by atoms with Gasteiger partial charge in [0.05, 0.1) is 0 Å². The molecule has 0 aromatic carbocycles. The first kappa shape index (κ1) is 10.6. The van der Waals surface area contributed by atoms with E-state index in [1.165, 1.54) is 25.7 Å². The van der Waals surface area contributed by atoms with E-state index in [4.69, 9.17) is 0 Å². The minimum absolute atomic E-state index is 0.280. The smallest absolute Gasteiger partial charge is 0.0112 e. The predicted octanol–water partition coefficient (Wildman–Crippen LogP) is 4.34. The summed E-state index contributed by atoms with van der Waals surface area (Å²) in [6.45, 7) is 10.7. The van der Waals surface area contributed by atoms with E-state index in [2.05, 4.69) is 39.5 Å². The lowest BCUT2D eigenvalue weighted by atomic mass is 9.68. The van der Waals surface area contributed by atoms with Crippen LogP contribution < -0.4 is 0 Å². The third-order valence-electron chi connectivity index (χ3n) is 3.45. The molecule has 0 heterocycles. The van der Waals surface area contributed by atoms with Crippen molar-refractivity contribution in [3.8, 4) is 0 Å². The zero-order valence-corrected chi connectivity index (χ0v) is 9.27. The van der Waals surface area contributed by atoms with E-state index in [0.29, 0.717) is 0 Å². The van der Waals surface area contributed by atoms with Crippen LogP contribution in [-0.4, -0.2) is 0 Å². The van der Waals surface area contributed by atoms with E-state index in [1.54, 1.807) is 5.57 Å². The van der Waals surface area contributed by atoms with Crippen LogP contribution in [0.25, 0.3) is 0 Å². The molecule has 1 fully saturated rings. The lowest BCUT2D eigenvalue weighted by Gasteiger charge is -2.36. The SMILES string of the molecule is C=CC(C)(C)C1CCCC/C1=C\C. The minimum atomic E-state index is 0.280. The molecule has 0 amide bonds. The molecule has 0 spiro atoms. The van der Waals surface area contributed by atoms with E-state index in [0.717, 1.165) is 5.92 Å². The molecule has 0 heteroatoms. The van der Waals surface area contributed by atoms with Gasteiger partial charge in [0.15, 0.2) is 0 Å². The number of hydrogen-bond acceptors (Lipinski definition) is 0. The van der Waals surface area contributed by atoms with Crippen molar-refractivity contribution in [2.24, 2.45) is 11.3 Å². The maximum atomic E-state index is 3.95. The van der Waals surface area contributed by atoms with Gasteiger partial charge < -0.3 is 0 Å². The standard InChI is InChI=1S/C13H22/c1-5-11-9-7-8-10-12(11)13(3,4)6-2/h5-6,12H,2,7-10H2,1,3-4H3/b11-5+. The van der Waals surface area contributed by atoms with Crippen molar-refractivity contribution in [2.75, 3.05) is 0 Å². The van der Waals surface area contributed by atoms with Crippen molar-refractivity contribution in [1.82, 2.24) is 0 Å². The first-order chi connectivity index (χ1) is 6.11. The van der Waals surface area contributed by atoms with Crippen molar-refractivity contribution in [1.29, 1.82) is 0 Å². The molecule has 13 heavy (non-hydrogen) atoms. The van der Waals surface area contributed by atoms with Gasteiger partial charge in [-0.3, -0.25) is 0 Å². The van der Waals surface area contributed by atoms with Gasteiger partial charge in [0.1, 0.15) is 0 Å². The van der Waals surface area contributed by atoms with Crippen molar-refractivity contribution < 1.29 is 0 Å². The van der Waals surface area contributed by atoms with E-state index in [9.17, 15) is 0 Å². The monoisotopic (exact) mass is 178 g/mol. The molecule has 74 valence electrons. The summed E-state index contributed by atoms with van der Waals surface area (Å²) in [5, 5.41) is 0. The summed E-state index contributed by atoms with van der Waals surface area (Å²) in [5.41, 5.74) is 1.93. The fourth-order valence-corrected chi connectivity index (χ4v) is 2.37. The fraction of sp³-hybridized carbons (Fsp3) is 0.692. The number of hydrogen-bond donors (Lipinski definition) is 0. The Kier molecular flexibility index (Phi) is 3.35. The van der Waals surface area contributed by atoms with Crippen LogP contribution >= 0.6 is 0 Å². The van der Waals surface area contributed by atoms with E-state index < -0.39 is 0 Å². The van der Waals surface area contributed by atoms with Gasteiger partial charge in [-0.25, -0.2) is 0 Å². The maximum Gasteiger partial charge on any atom is -0.0112 e. The topological polar surface area (TPSA) is 0 Å². The third-order valence-corrected chi connectivity index (χ3v) is 3.45. The third kappa shape index (κ3) is 2.24. The van der Waals surface area contributed by atoms with Gasteiger partial charge in [0, 0.05) is 0 Å². The van der Waals surface area contributed by atoms with Crippen molar-refractivity contribution >= 4 is 0 Å². The summed E-state index contributed by atoms with van der Waals surface area (Å²) < 4.78 is 0. The quantitative estimate of drug-likeness (QED) is 0.552. The molecule has 1 aliphatic carbocycles. The van der Waals surface area contributed by atoms with Crippen LogP contribution in [0, 0.1) is 11.3 Å². The zero-order valence-electron chi connectivity index (χ0n) is 9.27. The van der Waals surface area contributed by atoms with Crippen molar-refractivity contribution in [3.05, 3.63) is 24.3 Å². The molecular formula is C13H22. The van der Waals surface area contributed by atoms with Gasteiger partial charge in [-0.15, -0.1) is 6.58 Å². The summed E-state index contributed by atoms with van der Waals surface area (Å²) >= 11 is 0. The van der Waals surface area contributed by atoms with E-state index in [1.807, 2.05) is 0 Å². The Balaban J connectivity index is 2.81. The van der Waals surface area contributed by atoms with Gasteiger partial charge in [-0.05, 0) is 37.5 Å². The molecule has 0 radical (unpaired) electrons. The summed E-state index contributed by atoms with van der Waals surface area (Å²) in [5.74, 6) is 0.740. The van der Waals surface area contributed by atoms with Gasteiger partial charge in [0.2, 0.25) is 0 Å². The largest absolute Gasteiger partial charge is 0.103 e. The minimum Gasteiger partial charge on any atom is -0.103 e. The highest BCUT2D eigenvalue weighted by molar-refractivity contribution is 5.14. The van der Waals surface area contributed by atoms with Crippen LogP contribution in [0.2, 0.25) is 0 Å². The molecule has 0 nitrogen and oxygen atoms in total. The Labute approximate surface area is 82.7 Å². The average Bonchev–Trinajstić information content (AvgIpc) is 2.18. The van der Waals surface area contributed by atoms with Gasteiger partial charge in [-0.1, -0.05) is 38.0 Å². The van der Waals surface area contributed by atoms with E-state index >= 15 is 0 Å². The second-order valence-corrected chi connectivity index (χ2v) is 4.69. The van der Waals surface area contributed by atoms with Crippen LogP contribution in [0.15, 0.2) is 24.3 Å². The van der Waals surface area contributed by atoms with Crippen LogP contribution in [0.3, 0.4) is 0 Å². The van der Waals surface area contributed by atoms with E-state index in [-0.39, 0.29) is 5.41 Å². The molecule has 0 bridgehead atoms. The van der Waals surface area contributed by atoms with Crippen LogP contribution in [0.1, 0.15) is 46.5 Å². The highest BCUT2D eigenvalue weighted by atomic mass is 14.3. The zero-order chi connectivity index (χ0) is 9.90. The fourth-order valence-electron chi connectivity index (χ4n) is 2.37. The lowest BCUT2D eigenvalue weighted by molar-refractivity contribution is 0.273. The molecule has 0 saturated heterocycles. The summed E-state index contributed by atoms with van der Waals surface area (Å²) in [4.78, 5) is 0.